The highest BCUT2D eigenvalue weighted by Gasteiger charge is 2.32. The van der Waals surface area contributed by atoms with E-state index in [9.17, 15) is 8.42 Å². The van der Waals surface area contributed by atoms with Crippen LogP contribution in [-0.2, 0) is 14.8 Å². The van der Waals surface area contributed by atoms with Gasteiger partial charge in [-0.3, -0.25) is 0 Å². The Morgan fingerprint density at radius 2 is 2.06 bits per heavy atom. The second-order valence-electron chi connectivity index (χ2n) is 4.71. The van der Waals surface area contributed by atoms with Crippen molar-refractivity contribution >= 4 is 10.0 Å². The molecule has 1 aliphatic heterocycles. The summed E-state index contributed by atoms with van der Waals surface area (Å²) in [6.45, 7) is 6.65. The van der Waals surface area contributed by atoms with Crippen molar-refractivity contribution in [3.63, 3.8) is 0 Å². The quantitative estimate of drug-likeness (QED) is 0.825. The molecule has 18 heavy (non-hydrogen) atoms. The van der Waals surface area contributed by atoms with Crippen molar-refractivity contribution in [1.82, 2.24) is 4.31 Å². The van der Waals surface area contributed by atoms with Gasteiger partial charge >= 0.3 is 0 Å². The molecule has 1 atom stereocenters. The van der Waals surface area contributed by atoms with Crippen LogP contribution in [0.25, 0.3) is 0 Å². The SMILES string of the molecule is Cc1ccc(C)c(S(=O)(=O)N2CCCOC2C)c1. The number of benzene rings is 1. The molecule has 1 aromatic carbocycles. The molecule has 0 saturated carbocycles. The summed E-state index contributed by atoms with van der Waals surface area (Å²) in [5.41, 5.74) is 1.73. The second-order valence-corrected chi connectivity index (χ2v) is 6.57. The summed E-state index contributed by atoms with van der Waals surface area (Å²) < 4.78 is 32.1. The molecule has 1 fully saturated rings. The fourth-order valence-electron chi connectivity index (χ4n) is 2.17. The van der Waals surface area contributed by atoms with Crippen LogP contribution in [0.2, 0.25) is 0 Å². The molecule has 1 unspecified atom stereocenters. The maximum Gasteiger partial charge on any atom is 0.245 e. The van der Waals surface area contributed by atoms with Crippen LogP contribution in [0.3, 0.4) is 0 Å². The predicted octanol–water partition coefficient (Wildman–Crippen LogP) is 2.06. The molecule has 0 aromatic heterocycles. The van der Waals surface area contributed by atoms with Gasteiger partial charge in [-0.15, -0.1) is 0 Å². The minimum absolute atomic E-state index is 0.385. The molecule has 0 bridgehead atoms. The largest absolute Gasteiger partial charge is 0.362 e. The van der Waals surface area contributed by atoms with E-state index in [4.69, 9.17) is 4.74 Å². The third-order valence-electron chi connectivity index (χ3n) is 3.22. The van der Waals surface area contributed by atoms with E-state index in [1.165, 1.54) is 4.31 Å². The molecule has 1 aliphatic rings. The van der Waals surface area contributed by atoms with Crippen molar-refractivity contribution in [2.75, 3.05) is 13.2 Å². The van der Waals surface area contributed by atoms with Gasteiger partial charge in [0.05, 0.1) is 4.90 Å². The van der Waals surface area contributed by atoms with Gasteiger partial charge in [-0.2, -0.15) is 4.31 Å². The zero-order valence-corrected chi connectivity index (χ0v) is 11.8. The van der Waals surface area contributed by atoms with Gasteiger partial charge in [0.25, 0.3) is 0 Å². The molecule has 1 aromatic rings. The Balaban J connectivity index is 2.44. The van der Waals surface area contributed by atoms with Crippen LogP contribution in [0.1, 0.15) is 24.5 Å². The van der Waals surface area contributed by atoms with Gasteiger partial charge in [-0.25, -0.2) is 8.42 Å². The highest BCUT2D eigenvalue weighted by Crippen LogP contribution is 2.25. The lowest BCUT2D eigenvalue weighted by Crippen LogP contribution is -2.44. The highest BCUT2D eigenvalue weighted by atomic mass is 32.2. The molecule has 5 heteroatoms. The Labute approximate surface area is 109 Å². The summed E-state index contributed by atoms with van der Waals surface area (Å²) in [5.74, 6) is 0. The van der Waals surface area contributed by atoms with Crippen LogP contribution < -0.4 is 0 Å². The van der Waals surface area contributed by atoms with Crippen LogP contribution in [0.5, 0.6) is 0 Å². The number of hydrogen-bond acceptors (Lipinski definition) is 3. The van der Waals surface area contributed by atoms with Gasteiger partial charge in [0, 0.05) is 13.2 Å². The van der Waals surface area contributed by atoms with Crippen molar-refractivity contribution in [2.24, 2.45) is 0 Å². The highest BCUT2D eigenvalue weighted by molar-refractivity contribution is 7.89. The van der Waals surface area contributed by atoms with Gasteiger partial charge in [-0.05, 0) is 44.4 Å². The second kappa shape index (κ2) is 4.99. The van der Waals surface area contributed by atoms with E-state index in [1.54, 1.807) is 13.0 Å². The molecule has 1 heterocycles. The van der Waals surface area contributed by atoms with E-state index >= 15 is 0 Å². The smallest absolute Gasteiger partial charge is 0.245 e. The number of sulfonamides is 1. The number of rotatable bonds is 2. The Kier molecular flexibility index (Phi) is 3.75. The molecule has 0 radical (unpaired) electrons. The van der Waals surface area contributed by atoms with Gasteiger partial charge in [-0.1, -0.05) is 12.1 Å². The molecule has 0 N–H and O–H groups in total. The van der Waals surface area contributed by atoms with E-state index in [0.29, 0.717) is 18.0 Å². The summed E-state index contributed by atoms with van der Waals surface area (Å²) in [4.78, 5) is 0.389. The zero-order chi connectivity index (χ0) is 13.3. The summed E-state index contributed by atoms with van der Waals surface area (Å²) in [5, 5.41) is 0. The van der Waals surface area contributed by atoms with Crippen molar-refractivity contribution in [3.8, 4) is 0 Å². The van der Waals surface area contributed by atoms with E-state index < -0.39 is 10.0 Å². The van der Waals surface area contributed by atoms with Gasteiger partial charge in [0.1, 0.15) is 6.23 Å². The maximum atomic E-state index is 12.6. The van der Waals surface area contributed by atoms with Crippen LogP contribution >= 0.6 is 0 Å². The Bertz CT molecular complexity index is 539. The normalized spacial score (nSPS) is 22.1. The number of ether oxygens (including phenoxy) is 1. The van der Waals surface area contributed by atoms with Gasteiger partial charge in [0.2, 0.25) is 10.0 Å². The first-order valence-electron chi connectivity index (χ1n) is 6.13. The molecule has 1 saturated heterocycles. The van der Waals surface area contributed by atoms with Crippen LogP contribution in [-0.4, -0.2) is 32.1 Å². The predicted molar refractivity (Wildman–Crippen MR) is 69.8 cm³/mol. The Morgan fingerprint density at radius 1 is 1.33 bits per heavy atom. The number of nitrogens with zero attached hydrogens (tertiary/aromatic N) is 1. The first kappa shape index (κ1) is 13.5. The summed E-state index contributed by atoms with van der Waals surface area (Å²) >= 11 is 0. The zero-order valence-electron chi connectivity index (χ0n) is 11.0. The van der Waals surface area contributed by atoms with Gasteiger partial charge in [0.15, 0.2) is 0 Å². The molecular weight excluding hydrogens is 250 g/mol. The maximum absolute atomic E-state index is 12.6. The van der Waals surface area contributed by atoms with E-state index in [0.717, 1.165) is 17.5 Å². The first-order valence-corrected chi connectivity index (χ1v) is 7.57. The van der Waals surface area contributed by atoms with Crippen molar-refractivity contribution < 1.29 is 13.2 Å². The summed E-state index contributed by atoms with van der Waals surface area (Å²) in [7, 11) is -3.46. The third-order valence-corrected chi connectivity index (χ3v) is 5.31. The fraction of sp³-hybridized carbons (Fsp3) is 0.538. The average Bonchev–Trinajstić information content (AvgIpc) is 2.32. The number of aryl methyl sites for hydroxylation is 2. The van der Waals surface area contributed by atoms with E-state index in [2.05, 4.69) is 0 Å². The molecule has 100 valence electrons. The minimum atomic E-state index is -3.46. The summed E-state index contributed by atoms with van der Waals surface area (Å²) in [6, 6.07) is 5.49. The van der Waals surface area contributed by atoms with E-state index in [1.807, 2.05) is 26.0 Å². The molecular formula is C13H19NO3S. The topological polar surface area (TPSA) is 46.6 Å². The lowest BCUT2D eigenvalue weighted by molar-refractivity contribution is -0.0410. The van der Waals surface area contributed by atoms with Crippen LogP contribution in [0.15, 0.2) is 23.1 Å². The van der Waals surface area contributed by atoms with Crippen LogP contribution in [0, 0.1) is 13.8 Å². The third kappa shape index (κ3) is 2.43. The van der Waals surface area contributed by atoms with Crippen LogP contribution in [0.4, 0.5) is 0 Å². The Morgan fingerprint density at radius 3 is 2.72 bits per heavy atom. The standard InChI is InChI=1S/C13H19NO3S/c1-10-5-6-11(2)13(9-10)18(15,16)14-7-4-8-17-12(14)3/h5-6,9,12H,4,7-8H2,1-3H3. The lowest BCUT2D eigenvalue weighted by atomic mass is 10.2. The molecule has 2 rings (SSSR count). The lowest BCUT2D eigenvalue weighted by Gasteiger charge is -2.32. The van der Waals surface area contributed by atoms with Gasteiger partial charge < -0.3 is 4.74 Å². The Hall–Kier alpha value is -0.910. The first-order chi connectivity index (χ1) is 8.43. The van der Waals surface area contributed by atoms with Crippen molar-refractivity contribution in [3.05, 3.63) is 29.3 Å². The fourth-order valence-corrected chi connectivity index (χ4v) is 4.05. The minimum Gasteiger partial charge on any atom is -0.362 e. The van der Waals surface area contributed by atoms with Crippen molar-refractivity contribution in [2.45, 2.75) is 38.3 Å². The average molecular weight is 269 g/mol. The molecule has 0 aliphatic carbocycles. The molecule has 0 amide bonds. The molecule has 4 nitrogen and oxygen atoms in total. The summed E-state index contributed by atoms with van der Waals surface area (Å²) in [6.07, 6.45) is 0.359. The molecule has 0 spiro atoms. The van der Waals surface area contributed by atoms with Crippen molar-refractivity contribution in [1.29, 1.82) is 0 Å². The number of hydrogen-bond donors (Lipinski definition) is 0. The van der Waals surface area contributed by atoms with E-state index in [-0.39, 0.29) is 6.23 Å². The monoisotopic (exact) mass is 269 g/mol.